The van der Waals surface area contributed by atoms with E-state index in [-0.39, 0.29) is 6.61 Å². The number of hydrogen-bond donors (Lipinski definition) is 1. The Hall–Kier alpha value is -1.91. The number of anilines is 2. The largest absolute Gasteiger partial charge is 0.462 e. The molecule has 1 aliphatic rings. The number of fused-ring (bicyclic) bond motifs is 1. The van der Waals surface area contributed by atoms with Crippen molar-refractivity contribution in [2.75, 3.05) is 29.0 Å². The van der Waals surface area contributed by atoms with Gasteiger partial charge in [-0.1, -0.05) is 12.1 Å². The number of rotatable bonds is 7. The first-order chi connectivity index (χ1) is 13.7. The van der Waals surface area contributed by atoms with Crippen molar-refractivity contribution in [3.8, 4) is 0 Å². The number of sulfonamides is 1. The minimum absolute atomic E-state index is 0.237. The van der Waals surface area contributed by atoms with Crippen LogP contribution in [0.3, 0.4) is 0 Å². The Labute approximate surface area is 182 Å². The summed E-state index contributed by atoms with van der Waals surface area (Å²) in [5.74, 6) is -0.996. The van der Waals surface area contributed by atoms with Gasteiger partial charge in [-0.15, -0.1) is 11.3 Å². The number of aryl methyl sites for hydroxylation is 1. The Balaban J connectivity index is 1.87. The van der Waals surface area contributed by atoms with Gasteiger partial charge in [0.15, 0.2) is 0 Å². The van der Waals surface area contributed by atoms with E-state index in [2.05, 4.69) is 21.2 Å². The van der Waals surface area contributed by atoms with Gasteiger partial charge in [-0.25, -0.2) is 13.2 Å². The molecular formula is C19H21BrN2O5S2. The zero-order chi connectivity index (χ0) is 21.2. The summed E-state index contributed by atoms with van der Waals surface area (Å²) in [6, 6.07) is 6.77. The molecule has 0 unspecified atom stereocenters. The third-order valence-corrected chi connectivity index (χ3v) is 7.47. The van der Waals surface area contributed by atoms with Crippen molar-refractivity contribution < 1.29 is 22.7 Å². The summed E-state index contributed by atoms with van der Waals surface area (Å²) in [6.07, 6.45) is 3.63. The van der Waals surface area contributed by atoms with E-state index in [1.54, 1.807) is 31.2 Å². The number of nitrogens with one attached hydrogen (secondary N) is 1. The zero-order valence-electron chi connectivity index (χ0n) is 16.0. The fourth-order valence-corrected chi connectivity index (χ4v) is 6.02. The lowest BCUT2D eigenvalue weighted by Gasteiger charge is -2.23. The molecule has 0 saturated carbocycles. The van der Waals surface area contributed by atoms with Crippen molar-refractivity contribution in [1.82, 2.24) is 0 Å². The van der Waals surface area contributed by atoms with Crippen molar-refractivity contribution in [1.29, 1.82) is 0 Å². The molecule has 7 nitrogen and oxygen atoms in total. The highest BCUT2D eigenvalue weighted by Crippen LogP contribution is 2.39. The first-order valence-corrected chi connectivity index (χ1v) is 12.5. The van der Waals surface area contributed by atoms with Crippen LogP contribution in [0.2, 0.25) is 0 Å². The van der Waals surface area contributed by atoms with E-state index in [0.717, 1.165) is 40.3 Å². The summed E-state index contributed by atoms with van der Waals surface area (Å²) in [6.45, 7) is 1.55. The van der Waals surface area contributed by atoms with Gasteiger partial charge in [0.05, 0.1) is 24.1 Å². The second-order valence-electron chi connectivity index (χ2n) is 6.55. The highest BCUT2D eigenvalue weighted by Gasteiger charge is 2.29. The molecular weight excluding hydrogens is 480 g/mol. The standard InChI is InChI=1S/C19H21BrN2O5S2/c1-3-27-19(24)17-12-7-6-10-15(12)28-18(17)21-16(23)11-22(29(2,25)26)14-9-5-4-8-13(14)20/h4-5,8-9H,3,6-7,10-11H2,1-2H3,(H,21,23). The Morgan fingerprint density at radius 2 is 2.00 bits per heavy atom. The van der Waals surface area contributed by atoms with Gasteiger partial charge in [0.25, 0.3) is 0 Å². The van der Waals surface area contributed by atoms with E-state index < -0.39 is 28.4 Å². The molecule has 0 fully saturated rings. The third-order valence-electron chi connectivity index (χ3n) is 4.46. The smallest absolute Gasteiger partial charge is 0.341 e. The molecule has 156 valence electrons. The topological polar surface area (TPSA) is 92.8 Å². The maximum atomic E-state index is 12.7. The van der Waals surface area contributed by atoms with Crippen molar-refractivity contribution in [2.45, 2.75) is 26.2 Å². The van der Waals surface area contributed by atoms with E-state index in [4.69, 9.17) is 4.74 Å². The lowest BCUT2D eigenvalue weighted by Crippen LogP contribution is -2.37. The Morgan fingerprint density at radius 1 is 1.28 bits per heavy atom. The van der Waals surface area contributed by atoms with Gasteiger partial charge in [-0.05, 0) is 59.8 Å². The maximum Gasteiger partial charge on any atom is 0.341 e. The van der Waals surface area contributed by atoms with Gasteiger partial charge in [0.1, 0.15) is 11.5 Å². The monoisotopic (exact) mass is 500 g/mol. The fourth-order valence-electron chi connectivity index (χ4n) is 3.24. The fraction of sp³-hybridized carbons (Fsp3) is 0.368. The van der Waals surface area contributed by atoms with Crippen LogP contribution >= 0.6 is 27.3 Å². The second kappa shape index (κ2) is 8.85. The van der Waals surface area contributed by atoms with Crippen LogP contribution in [0, 0.1) is 0 Å². The number of amides is 1. The van der Waals surface area contributed by atoms with Gasteiger partial charge in [0, 0.05) is 9.35 Å². The van der Waals surface area contributed by atoms with Gasteiger partial charge in [-0.3, -0.25) is 9.10 Å². The number of carbonyl (C=O) groups excluding carboxylic acids is 2. The van der Waals surface area contributed by atoms with Crippen LogP contribution in [0.5, 0.6) is 0 Å². The molecule has 1 N–H and O–H groups in total. The van der Waals surface area contributed by atoms with Crippen LogP contribution in [0.4, 0.5) is 10.7 Å². The molecule has 0 spiro atoms. The van der Waals surface area contributed by atoms with Crippen molar-refractivity contribution in [3.05, 3.63) is 44.7 Å². The summed E-state index contributed by atoms with van der Waals surface area (Å²) in [5.41, 5.74) is 1.68. The predicted octanol–water partition coefficient (Wildman–Crippen LogP) is 3.58. The molecule has 0 bridgehead atoms. The molecule has 1 aromatic heterocycles. The number of thiophene rings is 1. The second-order valence-corrected chi connectivity index (χ2v) is 10.4. The number of nitrogens with zero attached hydrogens (tertiary/aromatic N) is 1. The molecule has 3 rings (SSSR count). The van der Waals surface area contributed by atoms with Crippen LogP contribution in [-0.2, 0) is 32.4 Å². The molecule has 1 aromatic carbocycles. The SMILES string of the molecule is CCOC(=O)c1c(NC(=O)CN(c2ccccc2Br)S(C)(=O)=O)sc2c1CCC2. The lowest BCUT2D eigenvalue weighted by molar-refractivity contribution is -0.114. The number of halogens is 1. The molecule has 0 saturated heterocycles. The van der Waals surface area contributed by atoms with Crippen LogP contribution in [-0.4, -0.2) is 39.7 Å². The highest BCUT2D eigenvalue weighted by atomic mass is 79.9. The van der Waals surface area contributed by atoms with Gasteiger partial charge < -0.3 is 10.1 Å². The Kier molecular flexibility index (Phi) is 6.65. The number of esters is 1. The Bertz CT molecular complexity index is 1050. The predicted molar refractivity (Wildman–Crippen MR) is 117 cm³/mol. The number of benzene rings is 1. The number of carbonyl (C=O) groups is 2. The van der Waals surface area contributed by atoms with Crippen LogP contribution in [0.15, 0.2) is 28.7 Å². The van der Waals surface area contributed by atoms with E-state index in [1.807, 2.05) is 0 Å². The average Bonchev–Trinajstić information content (AvgIpc) is 3.20. The molecule has 0 aliphatic heterocycles. The van der Waals surface area contributed by atoms with E-state index >= 15 is 0 Å². The van der Waals surface area contributed by atoms with Crippen LogP contribution < -0.4 is 9.62 Å². The molecule has 29 heavy (non-hydrogen) atoms. The van der Waals surface area contributed by atoms with Crippen molar-refractivity contribution in [2.24, 2.45) is 0 Å². The number of para-hydroxylation sites is 1. The minimum atomic E-state index is -3.71. The molecule has 0 atom stereocenters. The number of hydrogen-bond acceptors (Lipinski definition) is 6. The van der Waals surface area contributed by atoms with Gasteiger partial charge in [-0.2, -0.15) is 0 Å². The summed E-state index contributed by atoms with van der Waals surface area (Å²) in [7, 11) is -3.71. The first kappa shape index (κ1) is 21.8. The molecule has 1 aliphatic carbocycles. The van der Waals surface area contributed by atoms with Crippen LogP contribution in [0.25, 0.3) is 0 Å². The third kappa shape index (κ3) is 4.81. The summed E-state index contributed by atoms with van der Waals surface area (Å²) < 4.78 is 31.3. The Morgan fingerprint density at radius 3 is 2.66 bits per heavy atom. The van der Waals surface area contributed by atoms with E-state index in [9.17, 15) is 18.0 Å². The molecule has 10 heteroatoms. The normalized spacial score (nSPS) is 13.1. The van der Waals surface area contributed by atoms with Crippen LogP contribution in [0.1, 0.15) is 34.1 Å². The van der Waals surface area contributed by atoms with Gasteiger partial charge in [0.2, 0.25) is 15.9 Å². The molecule has 0 radical (unpaired) electrons. The molecule has 1 amide bonds. The maximum absolute atomic E-state index is 12.7. The first-order valence-electron chi connectivity index (χ1n) is 9.06. The van der Waals surface area contributed by atoms with E-state index in [1.165, 1.54) is 11.3 Å². The summed E-state index contributed by atoms with van der Waals surface area (Å²) >= 11 is 4.68. The number of ether oxygens (including phenoxy) is 1. The van der Waals surface area contributed by atoms with E-state index in [0.29, 0.717) is 20.7 Å². The van der Waals surface area contributed by atoms with Crippen molar-refractivity contribution >= 4 is 59.9 Å². The summed E-state index contributed by atoms with van der Waals surface area (Å²) in [4.78, 5) is 26.2. The van der Waals surface area contributed by atoms with Crippen molar-refractivity contribution in [3.63, 3.8) is 0 Å². The molecule has 2 aromatic rings. The summed E-state index contributed by atoms with van der Waals surface area (Å²) in [5, 5.41) is 3.14. The van der Waals surface area contributed by atoms with Gasteiger partial charge >= 0.3 is 5.97 Å². The highest BCUT2D eigenvalue weighted by molar-refractivity contribution is 9.10. The lowest BCUT2D eigenvalue weighted by atomic mass is 10.1. The zero-order valence-corrected chi connectivity index (χ0v) is 19.2. The minimum Gasteiger partial charge on any atom is -0.462 e. The average molecular weight is 501 g/mol. The molecule has 1 heterocycles. The quantitative estimate of drug-likeness (QED) is 0.586.